The van der Waals surface area contributed by atoms with Crippen LogP contribution in [0.25, 0.3) is 16.6 Å². The minimum Gasteiger partial charge on any atom is -0.543 e. The number of ether oxygens (including phenoxy) is 1. The number of anilines is 1. The first kappa shape index (κ1) is 36.0. The van der Waals surface area contributed by atoms with Gasteiger partial charge in [0, 0.05) is 42.7 Å². The SMILES string of the molecule is CCc1cc(O[Si](C)(C)C(C)(C)C)ccc1N=C(N)c1cnn2cc(-c3cnn(C)c3)cc2c1NC1CCC(NC(=O)OC(C)(C)C)CC1. The monoisotopic (exact) mass is 686 g/mol. The lowest BCUT2D eigenvalue weighted by Crippen LogP contribution is -2.43. The van der Waals surface area contributed by atoms with Crippen LogP contribution in [0, 0.1) is 0 Å². The van der Waals surface area contributed by atoms with Crippen molar-refractivity contribution in [2.75, 3.05) is 5.32 Å². The van der Waals surface area contributed by atoms with Crippen LogP contribution in [0.4, 0.5) is 16.2 Å². The largest absolute Gasteiger partial charge is 0.543 e. The van der Waals surface area contributed by atoms with Crippen molar-refractivity contribution in [3.8, 4) is 16.9 Å². The average molecular weight is 687 g/mol. The van der Waals surface area contributed by atoms with Crippen molar-refractivity contribution in [3.63, 3.8) is 0 Å². The average Bonchev–Trinajstić information content (AvgIpc) is 3.63. The van der Waals surface area contributed by atoms with Gasteiger partial charge >= 0.3 is 6.09 Å². The molecule has 1 aliphatic rings. The number of benzene rings is 1. The Kier molecular flexibility index (Phi) is 10.2. The van der Waals surface area contributed by atoms with Gasteiger partial charge < -0.3 is 25.5 Å². The molecule has 1 aromatic carbocycles. The molecule has 0 aliphatic heterocycles. The standard InChI is InChI=1S/C37H54N8O3Si/c1-11-24-18-29(48-49(9,10)37(5,6)7)16-17-31(24)43-34(38)30-21-40-45-23-25(26-20-39-44(8)22-26)19-32(45)33(30)41-27-12-14-28(15-13-27)42-35(46)47-36(2,3)4/h16-23,27-28,41H,11-15H2,1-10H3,(H2,38,43)(H,42,46). The number of aromatic nitrogens is 4. The predicted molar refractivity (Wildman–Crippen MR) is 200 cm³/mol. The Hall–Kier alpha value is -4.32. The molecule has 12 heteroatoms. The molecule has 0 bridgehead atoms. The van der Waals surface area contributed by atoms with E-state index < -0.39 is 13.9 Å². The second-order valence-corrected chi connectivity index (χ2v) is 20.5. The van der Waals surface area contributed by atoms with Gasteiger partial charge in [0.25, 0.3) is 0 Å². The van der Waals surface area contributed by atoms with Gasteiger partial charge in [0.2, 0.25) is 8.32 Å². The number of nitrogens with two attached hydrogens (primary N) is 1. The number of alkyl carbamates (subject to hydrolysis) is 1. The van der Waals surface area contributed by atoms with Crippen molar-refractivity contribution in [3.05, 3.63) is 60.2 Å². The van der Waals surface area contributed by atoms with Crippen molar-refractivity contribution < 1.29 is 14.0 Å². The van der Waals surface area contributed by atoms with Crippen molar-refractivity contribution in [1.29, 1.82) is 0 Å². The zero-order valence-electron chi connectivity index (χ0n) is 30.8. The highest BCUT2D eigenvalue weighted by Crippen LogP contribution is 2.39. The lowest BCUT2D eigenvalue weighted by atomic mass is 9.91. The molecule has 1 amide bonds. The Morgan fingerprint density at radius 3 is 2.31 bits per heavy atom. The van der Waals surface area contributed by atoms with E-state index in [4.69, 9.17) is 25.0 Å². The maximum absolute atomic E-state index is 12.4. The number of aryl methyl sites for hydroxylation is 2. The molecule has 264 valence electrons. The van der Waals surface area contributed by atoms with E-state index in [1.54, 1.807) is 10.9 Å². The van der Waals surface area contributed by atoms with Crippen LogP contribution in [0.5, 0.6) is 5.75 Å². The number of fused-ring (bicyclic) bond motifs is 1. The molecule has 1 fully saturated rings. The number of nitrogens with one attached hydrogen (secondary N) is 2. The molecule has 4 aromatic rings. The lowest BCUT2D eigenvalue weighted by Gasteiger charge is -2.36. The summed E-state index contributed by atoms with van der Waals surface area (Å²) in [5.74, 6) is 1.26. The summed E-state index contributed by atoms with van der Waals surface area (Å²) < 4.78 is 15.7. The zero-order valence-corrected chi connectivity index (χ0v) is 31.8. The first-order valence-electron chi connectivity index (χ1n) is 17.4. The number of amides is 1. The number of carbonyl (C=O) groups excluding carboxylic acids is 1. The van der Waals surface area contributed by atoms with Gasteiger partial charge in [-0.2, -0.15) is 10.2 Å². The second-order valence-electron chi connectivity index (χ2n) is 15.7. The smallest absolute Gasteiger partial charge is 0.407 e. The number of carbonyl (C=O) groups is 1. The summed E-state index contributed by atoms with van der Waals surface area (Å²) in [6.45, 7) is 19.0. The molecule has 4 N–H and O–H groups in total. The van der Waals surface area contributed by atoms with Crippen LogP contribution in [0.2, 0.25) is 18.1 Å². The molecule has 1 aliphatic carbocycles. The van der Waals surface area contributed by atoms with Crippen molar-refractivity contribution in [1.82, 2.24) is 24.7 Å². The van der Waals surface area contributed by atoms with Gasteiger partial charge in [-0.15, -0.1) is 0 Å². The number of nitrogens with zero attached hydrogens (tertiary/aromatic N) is 5. The van der Waals surface area contributed by atoms with E-state index in [1.165, 1.54) is 0 Å². The first-order chi connectivity index (χ1) is 22.9. The summed E-state index contributed by atoms with van der Waals surface area (Å²) in [5.41, 5.74) is 12.7. The quantitative estimate of drug-likeness (QED) is 0.0924. The first-order valence-corrected chi connectivity index (χ1v) is 20.3. The van der Waals surface area contributed by atoms with Gasteiger partial charge in [-0.3, -0.25) is 4.68 Å². The predicted octanol–water partition coefficient (Wildman–Crippen LogP) is 7.97. The van der Waals surface area contributed by atoms with E-state index in [-0.39, 0.29) is 23.2 Å². The second kappa shape index (κ2) is 13.9. The Labute approximate surface area is 291 Å². The maximum Gasteiger partial charge on any atom is 0.407 e. The molecule has 0 spiro atoms. The molecule has 11 nitrogen and oxygen atoms in total. The minimum atomic E-state index is -1.99. The molecule has 0 radical (unpaired) electrons. The van der Waals surface area contributed by atoms with E-state index in [9.17, 15) is 4.79 Å². The Bertz CT molecular complexity index is 1820. The van der Waals surface area contributed by atoms with Crippen LogP contribution in [0.3, 0.4) is 0 Å². The Morgan fingerprint density at radius 2 is 1.69 bits per heavy atom. The van der Waals surface area contributed by atoms with Crippen molar-refractivity contribution >= 4 is 37.1 Å². The van der Waals surface area contributed by atoms with Gasteiger partial charge in [0.05, 0.1) is 34.8 Å². The molecule has 3 aromatic heterocycles. The highest BCUT2D eigenvalue weighted by molar-refractivity contribution is 6.74. The fourth-order valence-electron chi connectivity index (χ4n) is 5.85. The molecule has 0 unspecified atom stereocenters. The number of rotatable bonds is 9. The van der Waals surface area contributed by atoms with Crippen LogP contribution < -0.4 is 20.8 Å². The van der Waals surface area contributed by atoms with Crippen LogP contribution in [-0.2, 0) is 18.2 Å². The van der Waals surface area contributed by atoms with Gasteiger partial charge in [-0.25, -0.2) is 14.3 Å². The van der Waals surface area contributed by atoms with Gasteiger partial charge in [-0.05, 0) is 101 Å². The fraction of sp³-hybridized carbons (Fsp3) is 0.514. The van der Waals surface area contributed by atoms with Crippen LogP contribution >= 0.6 is 0 Å². The van der Waals surface area contributed by atoms with Crippen molar-refractivity contribution in [2.45, 2.75) is 116 Å². The fourth-order valence-corrected chi connectivity index (χ4v) is 6.87. The van der Waals surface area contributed by atoms with Gasteiger partial charge in [0.15, 0.2) is 0 Å². The summed E-state index contributed by atoms with van der Waals surface area (Å²) >= 11 is 0. The summed E-state index contributed by atoms with van der Waals surface area (Å²) in [6.07, 6.45) is 11.5. The van der Waals surface area contributed by atoms with E-state index in [0.29, 0.717) is 5.84 Å². The van der Waals surface area contributed by atoms with Gasteiger partial charge in [0.1, 0.15) is 17.2 Å². The number of hydrogen-bond donors (Lipinski definition) is 3. The van der Waals surface area contributed by atoms with E-state index in [0.717, 1.165) is 77.0 Å². The molecule has 0 saturated heterocycles. The third-order valence-electron chi connectivity index (χ3n) is 9.60. The summed E-state index contributed by atoms with van der Waals surface area (Å²) in [5, 5.41) is 16.1. The van der Waals surface area contributed by atoms with Crippen LogP contribution in [-0.4, -0.2) is 57.3 Å². The maximum atomic E-state index is 12.4. The van der Waals surface area contributed by atoms with Crippen molar-refractivity contribution in [2.24, 2.45) is 17.8 Å². The Morgan fingerprint density at radius 1 is 1.00 bits per heavy atom. The van der Waals surface area contributed by atoms with E-state index in [2.05, 4.69) is 68.7 Å². The topological polar surface area (TPSA) is 133 Å². The molecule has 49 heavy (non-hydrogen) atoms. The van der Waals surface area contributed by atoms with Crippen LogP contribution in [0.15, 0.2) is 54.0 Å². The molecular formula is C37H54N8O3Si. The van der Waals surface area contributed by atoms with Gasteiger partial charge in [-0.1, -0.05) is 27.7 Å². The summed E-state index contributed by atoms with van der Waals surface area (Å²) in [7, 11) is -0.0865. The third kappa shape index (κ3) is 8.65. The zero-order chi connectivity index (χ0) is 35.7. The normalized spacial score (nSPS) is 17.6. The molecular weight excluding hydrogens is 633 g/mol. The highest BCUT2D eigenvalue weighted by atomic mass is 28.4. The van der Waals surface area contributed by atoms with E-state index >= 15 is 0 Å². The lowest BCUT2D eigenvalue weighted by molar-refractivity contribution is 0.0492. The van der Waals surface area contributed by atoms with Crippen LogP contribution in [0.1, 0.15) is 85.3 Å². The Balaban J connectivity index is 1.45. The highest BCUT2D eigenvalue weighted by Gasteiger charge is 2.39. The van der Waals surface area contributed by atoms with E-state index in [1.807, 2.05) is 63.1 Å². The minimum absolute atomic E-state index is 0.0676. The molecule has 5 rings (SSSR count). The number of hydrogen-bond acceptors (Lipinski definition) is 7. The molecule has 0 atom stereocenters. The number of amidine groups is 1. The number of aliphatic imine (C=N–C) groups is 1. The third-order valence-corrected chi connectivity index (χ3v) is 14.0. The summed E-state index contributed by atoms with van der Waals surface area (Å²) in [6, 6.07) is 8.46. The molecule has 1 saturated carbocycles. The summed E-state index contributed by atoms with van der Waals surface area (Å²) in [4.78, 5) is 17.4. The molecule has 3 heterocycles.